The topological polar surface area (TPSA) is 107 Å². The highest BCUT2D eigenvalue weighted by Gasteiger charge is 2.33. The first-order valence-electron chi connectivity index (χ1n) is 9.29. The number of ether oxygens (including phenoxy) is 1. The van der Waals surface area contributed by atoms with Crippen LogP contribution >= 0.6 is 0 Å². The Balaban J connectivity index is 1.57. The quantitative estimate of drug-likeness (QED) is 0.534. The van der Waals surface area contributed by atoms with Crippen molar-refractivity contribution in [2.45, 2.75) is 0 Å². The summed E-state index contributed by atoms with van der Waals surface area (Å²) in [4.78, 5) is 19.7. The molecule has 0 saturated carbocycles. The van der Waals surface area contributed by atoms with Gasteiger partial charge in [-0.25, -0.2) is 4.98 Å². The van der Waals surface area contributed by atoms with Crippen LogP contribution in [0.4, 0.5) is 11.6 Å². The normalized spacial score (nSPS) is 14.4. The summed E-state index contributed by atoms with van der Waals surface area (Å²) in [6.45, 7) is 0.817. The standard InChI is InChI=1S/C22H18N6O2/c1-2-18(29)24-12-13-28-22-19(21(23)25-14-26-22)20(27-28)15-8-10-17(11-9-15)30-16-6-4-3-5-7-16/h1,3-11,14H,12-13H2,(H,24,29)(H2,23,25,26)/p+1. The fourth-order valence-electron chi connectivity index (χ4n) is 3.13. The first-order chi connectivity index (χ1) is 14.7. The molecule has 2 heterocycles. The molecule has 0 bridgehead atoms. The Morgan fingerprint density at radius 1 is 1.10 bits per heavy atom. The molecule has 8 heteroatoms. The van der Waals surface area contributed by atoms with Crippen molar-refractivity contribution in [1.82, 2.24) is 15.3 Å². The lowest BCUT2D eigenvalue weighted by molar-refractivity contribution is -0.838. The Morgan fingerprint density at radius 2 is 1.83 bits per heavy atom. The third-order valence-corrected chi connectivity index (χ3v) is 4.52. The van der Waals surface area contributed by atoms with Gasteiger partial charge in [0.15, 0.2) is 0 Å². The molecular weight excluding hydrogens is 380 g/mol. The number of carbonyl (C=O) groups excluding carboxylic acids is 1. The summed E-state index contributed by atoms with van der Waals surface area (Å²) in [6.07, 6.45) is 6.48. The second kappa shape index (κ2) is 8.43. The number of carbonyl (C=O) groups is 1. The lowest BCUT2D eigenvalue weighted by atomic mass is 10.0. The van der Waals surface area contributed by atoms with Crippen LogP contribution in [-0.2, 0) is 4.79 Å². The lowest BCUT2D eigenvalue weighted by Gasteiger charge is -2.07. The number of para-hydroxylation sites is 1. The van der Waals surface area contributed by atoms with Gasteiger partial charge in [-0.15, -0.1) is 6.42 Å². The SMILES string of the molecule is C#CC(=O)NCC[NH+]1N=C(c2ccc(Oc3ccccc3)cc2)c2c(N)ncnc21. The lowest BCUT2D eigenvalue weighted by Crippen LogP contribution is -3.02. The van der Waals surface area contributed by atoms with Gasteiger partial charge in [-0.05, 0) is 42.3 Å². The van der Waals surface area contributed by atoms with Crippen LogP contribution in [0.15, 0.2) is 66.0 Å². The van der Waals surface area contributed by atoms with Crippen LogP contribution in [0.3, 0.4) is 0 Å². The van der Waals surface area contributed by atoms with Crippen molar-refractivity contribution in [2.75, 3.05) is 18.8 Å². The molecule has 4 N–H and O–H groups in total. The van der Waals surface area contributed by atoms with E-state index in [-0.39, 0.29) is 0 Å². The van der Waals surface area contributed by atoms with Crippen molar-refractivity contribution in [3.05, 3.63) is 72.1 Å². The molecule has 1 atom stereocenters. The van der Waals surface area contributed by atoms with Crippen molar-refractivity contribution in [3.8, 4) is 23.8 Å². The molecule has 3 aromatic rings. The number of nitrogens with one attached hydrogen (secondary N) is 2. The molecule has 0 spiro atoms. The number of nitrogen functional groups attached to an aromatic ring is 1. The first kappa shape index (κ1) is 19.1. The van der Waals surface area contributed by atoms with E-state index in [1.54, 1.807) is 0 Å². The molecule has 1 amide bonds. The molecule has 0 saturated heterocycles. The van der Waals surface area contributed by atoms with Gasteiger partial charge in [0, 0.05) is 5.56 Å². The summed E-state index contributed by atoms with van der Waals surface area (Å²) in [7, 11) is 0. The Labute approximate surface area is 173 Å². The minimum absolute atomic E-state index is 0.350. The van der Waals surface area contributed by atoms with Crippen LogP contribution in [-0.4, -0.2) is 34.7 Å². The van der Waals surface area contributed by atoms with Gasteiger partial charge < -0.3 is 15.8 Å². The molecule has 1 aromatic heterocycles. The Kier molecular flexibility index (Phi) is 5.37. The molecule has 1 aliphatic heterocycles. The van der Waals surface area contributed by atoms with Gasteiger partial charge in [0.2, 0.25) is 0 Å². The zero-order chi connectivity index (χ0) is 20.9. The highest BCUT2D eigenvalue weighted by molar-refractivity contribution is 6.18. The maximum Gasteiger partial charge on any atom is 0.295 e. The molecule has 2 aromatic carbocycles. The largest absolute Gasteiger partial charge is 0.457 e. The van der Waals surface area contributed by atoms with Gasteiger partial charge >= 0.3 is 0 Å². The predicted octanol–water partition coefficient (Wildman–Crippen LogP) is 0.883. The Bertz CT molecular complexity index is 1140. The molecule has 1 aliphatic rings. The second-order valence-electron chi connectivity index (χ2n) is 6.48. The predicted molar refractivity (Wildman–Crippen MR) is 112 cm³/mol. The van der Waals surface area contributed by atoms with Crippen molar-refractivity contribution < 1.29 is 14.5 Å². The van der Waals surface area contributed by atoms with Gasteiger partial charge in [0.1, 0.15) is 41.5 Å². The molecule has 0 aliphatic carbocycles. The van der Waals surface area contributed by atoms with Gasteiger partial charge in [-0.2, -0.15) is 9.99 Å². The van der Waals surface area contributed by atoms with Gasteiger partial charge in [0.25, 0.3) is 11.7 Å². The van der Waals surface area contributed by atoms with Crippen LogP contribution in [0.25, 0.3) is 0 Å². The monoisotopic (exact) mass is 399 g/mol. The van der Waals surface area contributed by atoms with Crippen LogP contribution in [0.5, 0.6) is 11.5 Å². The van der Waals surface area contributed by atoms with E-state index in [4.69, 9.17) is 22.0 Å². The van der Waals surface area contributed by atoms with Gasteiger partial charge in [0.05, 0.1) is 6.54 Å². The molecular formula is C22H19N6O2+. The van der Waals surface area contributed by atoms with Gasteiger partial charge in [-0.3, -0.25) is 4.79 Å². The molecule has 8 nitrogen and oxygen atoms in total. The van der Waals surface area contributed by atoms with Crippen molar-refractivity contribution in [3.63, 3.8) is 0 Å². The third kappa shape index (κ3) is 3.97. The number of benzene rings is 2. The fraction of sp³-hybridized carbons (Fsp3) is 0.0909. The summed E-state index contributed by atoms with van der Waals surface area (Å²) in [6, 6.07) is 17.1. The van der Waals surface area contributed by atoms with Crippen molar-refractivity contribution in [1.29, 1.82) is 0 Å². The number of amides is 1. The van der Waals surface area contributed by atoms with E-state index in [0.29, 0.717) is 41.7 Å². The summed E-state index contributed by atoms with van der Waals surface area (Å²) in [5.41, 5.74) is 8.36. The fourth-order valence-corrected chi connectivity index (χ4v) is 3.13. The van der Waals surface area contributed by atoms with Crippen molar-refractivity contribution >= 4 is 23.3 Å². The van der Waals surface area contributed by atoms with E-state index in [2.05, 4.69) is 15.3 Å². The zero-order valence-corrected chi connectivity index (χ0v) is 16.0. The summed E-state index contributed by atoms with van der Waals surface area (Å²) in [5, 5.41) is 8.08. The molecule has 0 radical (unpaired) electrons. The number of aromatic nitrogens is 2. The molecule has 0 fully saturated rings. The Hall–Kier alpha value is -4.22. The smallest absolute Gasteiger partial charge is 0.295 e. The number of nitrogens with two attached hydrogens (primary N) is 1. The molecule has 4 rings (SSSR count). The summed E-state index contributed by atoms with van der Waals surface area (Å²) < 4.78 is 5.85. The number of fused-ring (bicyclic) bond motifs is 1. The number of rotatable bonds is 6. The average Bonchev–Trinajstić information content (AvgIpc) is 3.15. The number of hydrogen-bond acceptors (Lipinski definition) is 6. The zero-order valence-electron chi connectivity index (χ0n) is 16.0. The van der Waals surface area contributed by atoms with Crippen LogP contribution in [0.1, 0.15) is 11.1 Å². The van der Waals surface area contributed by atoms with E-state index in [1.807, 2.05) is 60.5 Å². The second-order valence-corrected chi connectivity index (χ2v) is 6.48. The minimum Gasteiger partial charge on any atom is -0.457 e. The maximum atomic E-state index is 11.3. The van der Waals surface area contributed by atoms with Gasteiger partial charge in [-0.1, -0.05) is 23.3 Å². The maximum absolute atomic E-state index is 11.3. The van der Waals surface area contributed by atoms with Crippen LogP contribution in [0, 0.1) is 12.3 Å². The number of anilines is 1. The molecule has 148 valence electrons. The molecule has 1 unspecified atom stereocenters. The highest BCUT2D eigenvalue weighted by Crippen LogP contribution is 2.26. The third-order valence-electron chi connectivity index (χ3n) is 4.52. The van der Waals surface area contributed by atoms with E-state index >= 15 is 0 Å². The number of nitrogens with zero attached hydrogens (tertiary/aromatic N) is 3. The Morgan fingerprint density at radius 3 is 2.57 bits per heavy atom. The number of hydrogen-bond donors (Lipinski definition) is 3. The average molecular weight is 399 g/mol. The van der Waals surface area contributed by atoms with E-state index in [9.17, 15) is 4.79 Å². The molecule has 30 heavy (non-hydrogen) atoms. The van der Waals surface area contributed by atoms with Crippen molar-refractivity contribution in [2.24, 2.45) is 5.10 Å². The number of terminal acetylenes is 1. The van der Waals surface area contributed by atoms with Crippen LogP contribution < -0.4 is 20.8 Å². The highest BCUT2D eigenvalue weighted by atomic mass is 16.5. The summed E-state index contributed by atoms with van der Waals surface area (Å²) in [5.74, 6) is 4.05. The van der Waals surface area contributed by atoms with Crippen LogP contribution in [0.2, 0.25) is 0 Å². The van der Waals surface area contributed by atoms with E-state index in [1.165, 1.54) is 6.33 Å². The van der Waals surface area contributed by atoms with E-state index in [0.717, 1.165) is 16.3 Å². The van der Waals surface area contributed by atoms with E-state index < -0.39 is 5.91 Å². The summed E-state index contributed by atoms with van der Waals surface area (Å²) >= 11 is 0. The first-order valence-corrected chi connectivity index (χ1v) is 9.29. The number of quaternary nitrogens is 1. The minimum atomic E-state index is -0.464.